The summed E-state index contributed by atoms with van der Waals surface area (Å²) in [5, 5.41) is 6.18. The van der Waals surface area contributed by atoms with Gasteiger partial charge in [-0.2, -0.15) is 0 Å². The summed E-state index contributed by atoms with van der Waals surface area (Å²) >= 11 is 1.60. The SMILES string of the molecule is C=C(CNC1CC1)Cn1ccc2sccc2c1=O. The highest BCUT2D eigenvalue weighted by atomic mass is 32.1. The van der Waals surface area contributed by atoms with E-state index in [2.05, 4.69) is 11.9 Å². The van der Waals surface area contributed by atoms with Gasteiger partial charge < -0.3 is 9.88 Å². The van der Waals surface area contributed by atoms with E-state index in [0.29, 0.717) is 12.6 Å². The lowest BCUT2D eigenvalue weighted by molar-refractivity contribution is 0.673. The fourth-order valence-corrected chi connectivity index (χ4v) is 2.78. The summed E-state index contributed by atoms with van der Waals surface area (Å²) in [6.45, 7) is 5.44. The third-order valence-corrected chi connectivity index (χ3v) is 4.09. The van der Waals surface area contributed by atoms with Gasteiger partial charge in [-0.05, 0) is 35.9 Å². The normalized spacial score (nSPS) is 15.1. The molecule has 0 aliphatic heterocycles. The van der Waals surface area contributed by atoms with Crippen molar-refractivity contribution in [3.8, 4) is 0 Å². The van der Waals surface area contributed by atoms with Crippen molar-refractivity contribution < 1.29 is 0 Å². The molecule has 0 amide bonds. The predicted molar refractivity (Wildman–Crippen MR) is 76.2 cm³/mol. The van der Waals surface area contributed by atoms with Crippen molar-refractivity contribution >= 4 is 21.4 Å². The minimum atomic E-state index is 0.0846. The van der Waals surface area contributed by atoms with E-state index in [1.54, 1.807) is 15.9 Å². The molecule has 4 heteroatoms. The zero-order chi connectivity index (χ0) is 12.5. The number of nitrogens with one attached hydrogen (secondary N) is 1. The van der Waals surface area contributed by atoms with Crippen molar-refractivity contribution in [3.05, 3.63) is 46.2 Å². The van der Waals surface area contributed by atoms with Crippen LogP contribution < -0.4 is 10.9 Å². The Morgan fingerprint density at radius 3 is 3.11 bits per heavy atom. The monoisotopic (exact) mass is 260 g/mol. The van der Waals surface area contributed by atoms with Gasteiger partial charge in [-0.3, -0.25) is 4.79 Å². The van der Waals surface area contributed by atoms with Crippen LogP contribution in [0.15, 0.2) is 40.7 Å². The topological polar surface area (TPSA) is 34.0 Å². The molecule has 0 aromatic carbocycles. The molecule has 1 aliphatic carbocycles. The molecule has 0 spiro atoms. The molecular formula is C14H16N2OS. The molecule has 1 fully saturated rings. The van der Waals surface area contributed by atoms with Crippen LogP contribution in [0.25, 0.3) is 10.1 Å². The second-order valence-electron chi connectivity index (χ2n) is 4.85. The standard InChI is InChI=1S/C14H16N2OS/c1-10(8-15-11-2-3-11)9-16-6-4-13-12(14(16)17)5-7-18-13/h4-7,11,15H,1-3,8-9H2. The van der Waals surface area contributed by atoms with Gasteiger partial charge in [0.1, 0.15) is 0 Å². The van der Waals surface area contributed by atoms with Crippen molar-refractivity contribution in [1.29, 1.82) is 0 Å². The van der Waals surface area contributed by atoms with E-state index in [9.17, 15) is 4.79 Å². The molecule has 0 radical (unpaired) electrons. The van der Waals surface area contributed by atoms with Crippen LogP contribution in [0.1, 0.15) is 12.8 Å². The van der Waals surface area contributed by atoms with Crippen molar-refractivity contribution in [2.24, 2.45) is 0 Å². The second kappa shape index (κ2) is 4.71. The van der Waals surface area contributed by atoms with E-state index in [1.165, 1.54) is 12.8 Å². The van der Waals surface area contributed by atoms with Gasteiger partial charge in [0, 0.05) is 30.0 Å². The quantitative estimate of drug-likeness (QED) is 0.837. The molecule has 1 saturated carbocycles. The maximum Gasteiger partial charge on any atom is 0.259 e. The van der Waals surface area contributed by atoms with Crippen molar-refractivity contribution in [3.63, 3.8) is 0 Å². The molecular weight excluding hydrogens is 244 g/mol. The Bertz CT molecular complexity index is 637. The number of fused-ring (bicyclic) bond motifs is 1. The van der Waals surface area contributed by atoms with Gasteiger partial charge in [0.15, 0.2) is 0 Å². The van der Waals surface area contributed by atoms with E-state index < -0.39 is 0 Å². The smallest absolute Gasteiger partial charge is 0.259 e. The fraction of sp³-hybridized carbons (Fsp3) is 0.357. The largest absolute Gasteiger partial charge is 0.311 e. The van der Waals surface area contributed by atoms with E-state index in [1.807, 2.05) is 23.7 Å². The molecule has 94 valence electrons. The lowest BCUT2D eigenvalue weighted by atomic mass is 10.2. The first-order valence-electron chi connectivity index (χ1n) is 6.21. The highest BCUT2D eigenvalue weighted by Gasteiger charge is 2.20. The highest BCUT2D eigenvalue weighted by Crippen LogP contribution is 2.19. The summed E-state index contributed by atoms with van der Waals surface area (Å²) in [5.41, 5.74) is 1.14. The van der Waals surface area contributed by atoms with Crippen LogP contribution in [0.3, 0.4) is 0 Å². The summed E-state index contributed by atoms with van der Waals surface area (Å²) < 4.78 is 2.80. The number of nitrogens with zero attached hydrogens (tertiary/aromatic N) is 1. The summed E-state index contributed by atoms with van der Waals surface area (Å²) in [6.07, 6.45) is 4.41. The number of thiophene rings is 1. The van der Waals surface area contributed by atoms with Gasteiger partial charge in [-0.15, -0.1) is 11.3 Å². The molecule has 18 heavy (non-hydrogen) atoms. The molecule has 0 saturated heterocycles. The summed E-state index contributed by atoms with van der Waals surface area (Å²) in [5.74, 6) is 0. The molecule has 2 aromatic rings. The van der Waals surface area contributed by atoms with E-state index >= 15 is 0 Å². The van der Waals surface area contributed by atoms with Crippen LogP contribution in [0.5, 0.6) is 0 Å². The van der Waals surface area contributed by atoms with Gasteiger partial charge in [-0.1, -0.05) is 6.58 Å². The fourth-order valence-electron chi connectivity index (χ4n) is 2.00. The Labute approximate surface area is 110 Å². The van der Waals surface area contributed by atoms with Crippen LogP contribution in [0, 0.1) is 0 Å². The Balaban J connectivity index is 1.74. The lowest BCUT2D eigenvalue weighted by Crippen LogP contribution is -2.25. The molecule has 3 rings (SSSR count). The van der Waals surface area contributed by atoms with Crippen LogP contribution in [-0.4, -0.2) is 17.2 Å². The number of hydrogen-bond donors (Lipinski definition) is 1. The predicted octanol–water partition coefficient (Wildman–Crippen LogP) is 2.37. The first-order chi connectivity index (χ1) is 8.74. The van der Waals surface area contributed by atoms with Crippen LogP contribution >= 0.6 is 11.3 Å². The molecule has 3 nitrogen and oxygen atoms in total. The van der Waals surface area contributed by atoms with Gasteiger partial charge in [0.25, 0.3) is 5.56 Å². The van der Waals surface area contributed by atoms with Gasteiger partial charge >= 0.3 is 0 Å². The summed E-state index contributed by atoms with van der Waals surface area (Å²) in [4.78, 5) is 12.2. The van der Waals surface area contributed by atoms with Crippen LogP contribution in [0.2, 0.25) is 0 Å². The third kappa shape index (κ3) is 2.40. The van der Waals surface area contributed by atoms with Crippen LogP contribution in [-0.2, 0) is 6.54 Å². The first-order valence-corrected chi connectivity index (χ1v) is 7.09. The van der Waals surface area contributed by atoms with Crippen LogP contribution in [0.4, 0.5) is 0 Å². The molecule has 2 heterocycles. The van der Waals surface area contributed by atoms with Crippen molar-refractivity contribution in [1.82, 2.24) is 9.88 Å². The minimum absolute atomic E-state index is 0.0846. The average Bonchev–Trinajstić information content (AvgIpc) is 3.06. The van der Waals surface area contributed by atoms with Gasteiger partial charge in [-0.25, -0.2) is 0 Å². The maximum absolute atomic E-state index is 12.2. The van der Waals surface area contributed by atoms with Gasteiger partial charge in [0.2, 0.25) is 0 Å². The Hall–Kier alpha value is -1.39. The molecule has 0 unspecified atom stereocenters. The summed E-state index contributed by atoms with van der Waals surface area (Å²) in [6, 6.07) is 4.57. The molecule has 1 N–H and O–H groups in total. The summed E-state index contributed by atoms with van der Waals surface area (Å²) in [7, 11) is 0. The first kappa shape index (κ1) is 11.7. The van der Waals surface area contributed by atoms with E-state index in [0.717, 1.165) is 22.2 Å². The molecule has 2 aromatic heterocycles. The highest BCUT2D eigenvalue weighted by molar-refractivity contribution is 7.17. The number of aromatic nitrogens is 1. The zero-order valence-corrected chi connectivity index (χ0v) is 11.0. The maximum atomic E-state index is 12.2. The minimum Gasteiger partial charge on any atom is -0.311 e. The molecule has 0 atom stereocenters. The molecule has 1 aliphatic rings. The van der Waals surface area contributed by atoms with E-state index in [4.69, 9.17) is 0 Å². The number of rotatable bonds is 5. The second-order valence-corrected chi connectivity index (χ2v) is 5.80. The Morgan fingerprint density at radius 1 is 1.50 bits per heavy atom. The Kier molecular flexibility index (Phi) is 3.06. The van der Waals surface area contributed by atoms with E-state index in [-0.39, 0.29) is 5.56 Å². The van der Waals surface area contributed by atoms with Crippen molar-refractivity contribution in [2.45, 2.75) is 25.4 Å². The number of hydrogen-bond acceptors (Lipinski definition) is 3. The number of pyridine rings is 1. The van der Waals surface area contributed by atoms with Gasteiger partial charge in [0.05, 0.1) is 5.39 Å². The molecule has 0 bridgehead atoms. The lowest BCUT2D eigenvalue weighted by Gasteiger charge is -2.09. The zero-order valence-electron chi connectivity index (χ0n) is 10.2. The van der Waals surface area contributed by atoms with Crippen molar-refractivity contribution in [2.75, 3.05) is 6.54 Å². The average molecular weight is 260 g/mol. The third-order valence-electron chi connectivity index (χ3n) is 3.20. The Morgan fingerprint density at radius 2 is 2.33 bits per heavy atom.